The van der Waals surface area contributed by atoms with Gasteiger partial charge in [-0.25, -0.2) is 4.98 Å². The van der Waals surface area contributed by atoms with Crippen LogP contribution in [0.1, 0.15) is 34.5 Å². The summed E-state index contributed by atoms with van der Waals surface area (Å²) < 4.78 is 5.25. The number of hydrogen-bond acceptors (Lipinski definition) is 4. The second-order valence-corrected chi connectivity index (χ2v) is 7.39. The number of methoxy groups -OCH3 is 1. The molecule has 2 heterocycles. The third-order valence-corrected chi connectivity index (χ3v) is 5.32. The van der Waals surface area contributed by atoms with Gasteiger partial charge in [0.25, 0.3) is 5.91 Å². The maximum absolute atomic E-state index is 11.9. The number of carbonyl (C=O) groups is 1. The van der Waals surface area contributed by atoms with E-state index in [0.29, 0.717) is 0 Å². The summed E-state index contributed by atoms with van der Waals surface area (Å²) in [6.45, 7) is 2.18. The van der Waals surface area contributed by atoms with Crippen molar-refractivity contribution in [2.24, 2.45) is 5.73 Å². The van der Waals surface area contributed by atoms with Crippen molar-refractivity contribution in [2.45, 2.75) is 19.3 Å². The summed E-state index contributed by atoms with van der Waals surface area (Å²) in [5, 5.41) is 0.975. The van der Waals surface area contributed by atoms with Gasteiger partial charge in [-0.05, 0) is 64.9 Å². The number of primary amides is 1. The lowest BCUT2D eigenvalue weighted by Gasteiger charge is -2.15. The minimum Gasteiger partial charge on any atom is -0.497 e. The first-order chi connectivity index (χ1) is 14.5. The minimum atomic E-state index is -0.541. The maximum atomic E-state index is 11.9. The molecule has 0 bridgehead atoms. The van der Waals surface area contributed by atoms with Crippen LogP contribution >= 0.6 is 0 Å². The van der Waals surface area contributed by atoms with Gasteiger partial charge >= 0.3 is 0 Å². The molecule has 0 aliphatic heterocycles. The number of ether oxygens (including phenoxy) is 1. The molecule has 150 valence electrons. The van der Waals surface area contributed by atoms with E-state index in [2.05, 4.69) is 41.2 Å². The van der Waals surface area contributed by atoms with Crippen molar-refractivity contribution in [2.75, 3.05) is 7.11 Å². The van der Waals surface area contributed by atoms with Crippen LogP contribution in [0.4, 0.5) is 0 Å². The molecule has 2 aromatic heterocycles. The number of fused-ring (bicyclic) bond motifs is 1. The van der Waals surface area contributed by atoms with Gasteiger partial charge in [-0.15, -0.1) is 0 Å². The fourth-order valence-corrected chi connectivity index (χ4v) is 3.68. The number of nitrogens with two attached hydrogens (primary N) is 1. The molecule has 2 aromatic carbocycles. The Labute approximate surface area is 175 Å². The van der Waals surface area contributed by atoms with E-state index < -0.39 is 5.91 Å². The number of benzene rings is 2. The molecular formula is C25H23N3O2. The number of pyridine rings is 2. The van der Waals surface area contributed by atoms with Crippen LogP contribution in [-0.2, 0) is 6.42 Å². The summed E-state index contributed by atoms with van der Waals surface area (Å²) in [6.07, 6.45) is 4.54. The molecule has 0 fully saturated rings. The lowest BCUT2D eigenvalue weighted by atomic mass is 9.92. The van der Waals surface area contributed by atoms with Gasteiger partial charge in [-0.1, -0.05) is 37.3 Å². The van der Waals surface area contributed by atoms with Gasteiger partial charge in [0, 0.05) is 17.8 Å². The molecule has 0 radical (unpaired) electrons. The Balaban J connectivity index is 1.78. The van der Waals surface area contributed by atoms with E-state index in [1.807, 2.05) is 36.5 Å². The first-order valence-electron chi connectivity index (χ1n) is 9.83. The minimum absolute atomic E-state index is 0.255. The molecule has 5 nitrogen and oxygen atoms in total. The Hall–Kier alpha value is -3.73. The topological polar surface area (TPSA) is 78.1 Å². The van der Waals surface area contributed by atoms with Crippen LogP contribution in [0.2, 0.25) is 0 Å². The molecule has 5 heteroatoms. The summed E-state index contributed by atoms with van der Waals surface area (Å²) >= 11 is 0. The van der Waals surface area contributed by atoms with Gasteiger partial charge < -0.3 is 10.5 Å². The van der Waals surface area contributed by atoms with E-state index in [1.54, 1.807) is 19.4 Å². The molecule has 4 rings (SSSR count). The third kappa shape index (κ3) is 4.01. The average molecular weight is 397 g/mol. The number of rotatable bonds is 6. The smallest absolute Gasteiger partial charge is 0.267 e. The Kier molecular flexibility index (Phi) is 5.44. The predicted molar refractivity (Wildman–Crippen MR) is 119 cm³/mol. The van der Waals surface area contributed by atoms with Crippen LogP contribution in [0.15, 0.2) is 73.1 Å². The normalized spacial score (nSPS) is 11.9. The zero-order valence-electron chi connectivity index (χ0n) is 17.0. The van der Waals surface area contributed by atoms with E-state index in [4.69, 9.17) is 10.5 Å². The first kappa shape index (κ1) is 19.6. The van der Waals surface area contributed by atoms with E-state index in [-0.39, 0.29) is 11.6 Å². The number of nitrogens with zero attached hydrogens (tertiary/aromatic N) is 2. The fraction of sp³-hybridized carbons (Fsp3) is 0.160. The van der Waals surface area contributed by atoms with Crippen molar-refractivity contribution < 1.29 is 9.53 Å². The summed E-state index contributed by atoms with van der Waals surface area (Å²) in [4.78, 5) is 20.7. The van der Waals surface area contributed by atoms with Crippen LogP contribution in [-0.4, -0.2) is 23.0 Å². The van der Waals surface area contributed by atoms with Gasteiger partial charge in [-0.2, -0.15) is 0 Å². The SMILES string of the molecule is COc1ccc(-c2cc(C(N)=O)nc3cc(C(C)Cc4cccnc4)ccc23)cc1. The molecule has 30 heavy (non-hydrogen) atoms. The highest BCUT2D eigenvalue weighted by atomic mass is 16.5. The largest absolute Gasteiger partial charge is 0.497 e. The van der Waals surface area contributed by atoms with Crippen molar-refractivity contribution >= 4 is 16.8 Å². The molecule has 1 unspecified atom stereocenters. The van der Waals surface area contributed by atoms with E-state index in [9.17, 15) is 4.79 Å². The van der Waals surface area contributed by atoms with Crippen molar-refractivity contribution in [3.63, 3.8) is 0 Å². The molecular weight excluding hydrogens is 374 g/mol. The molecule has 1 amide bonds. The van der Waals surface area contributed by atoms with Crippen molar-refractivity contribution in [3.05, 3.63) is 89.9 Å². The van der Waals surface area contributed by atoms with Gasteiger partial charge in [-0.3, -0.25) is 9.78 Å². The summed E-state index contributed by atoms with van der Waals surface area (Å²) in [7, 11) is 1.64. The molecule has 4 aromatic rings. The third-order valence-electron chi connectivity index (χ3n) is 5.32. The number of hydrogen-bond donors (Lipinski definition) is 1. The van der Waals surface area contributed by atoms with Crippen molar-refractivity contribution in [1.29, 1.82) is 0 Å². The molecule has 0 aliphatic rings. The quantitative estimate of drug-likeness (QED) is 0.509. The fourth-order valence-electron chi connectivity index (χ4n) is 3.68. The van der Waals surface area contributed by atoms with Crippen LogP contribution in [0, 0.1) is 0 Å². The molecule has 2 N–H and O–H groups in total. The Morgan fingerprint density at radius 3 is 2.57 bits per heavy atom. The van der Waals surface area contributed by atoms with Gasteiger partial charge in [0.05, 0.1) is 12.6 Å². The van der Waals surface area contributed by atoms with Crippen LogP contribution < -0.4 is 10.5 Å². The molecule has 1 atom stereocenters. The monoisotopic (exact) mass is 397 g/mol. The second kappa shape index (κ2) is 8.33. The highest BCUT2D eigenvalue weighted by Gasteiger charge is 2.14. The number of aromatic nitrogens is 2. The highest BCUT2D eigenvalue weighted by molar-refractivity contribution is 6.01. The number of amides is 1. The van der Waals surface area contributed by atoms with Crippen molar-refractivity contribution in [1.82, 2.24) is 9.97 Å². The van der Waals surface area contributed by atoms with Crippen molar-refractivity contribution in [3.8, 4) is 16.9 Å². The summed E-state index contributed by atoms with van der Waals surface area (Å²) in [5.74, 6) is 0.515. The van der Waals surface area contributed by atoms with Crippen LogP contribution in [0.5, 0.6) is 5.75 Å². The Morgan fingerprint density at radius 1 is 1.10 bits per heavy atom. The number of carbonyl (C=O) groups excluding carboxylic acids is 1. The standard InChI is InChI=1S/C25H23N3O2/c1-16(12-17-4-3-11-27-15-17)19-7-10-21-22(18-5-8-20(30-2)9-6-18)14-24(25(26)29)28-23(21)13-19/h3-11,13-16H,12H2,1-2H3,(H2,26,29). The van der Waals surface area contributed by atoms with Gasteiger partial charge in [0.1, 0.15) is 11.4 Å². The summed E-state index contributed by atoms with van der Waals surface area (Å²) in [6, 6.07) is 19.8. The van der Waals surface area contributed by atoms with E-state index in [0.717, 1.165) is 39.8 Å². The summed E-state index contributed by atoms with van der Waals surface area (Å²) in [5.41, 5.74) is 10.8. The lowest BCUT2D eigenvalue weighted by molar-refractivity contribution is 0.0996. The van der Waals surface area contributed by atoms with Gasteiger partial charge in [0.2, 0.25) is 0 Å². The molecule has 0 saturated carbocycles. The second-order valence-electron chi connectivity index (χ2n) is 7.39. The Morgan fingerprint density at radius 2 is 1.90 bits per heavy atom. The highest BCUT2D eigenvalue weighted by Crippen LogP contribution is 2.32. The van der Waals surface area contributed by atoms with Crippen LogP contribution in [0.25, 0.3) is 22.0 Å². The average Bonchev–Trinajstić information content (AvgIpc) is 2.78. The molecule has 0 saturated heterocycles. The molecule has 0 spiro atoms. The first-order valence-corrected chi connectivity index (χ1v) is 9.83. The van der Waals surface area contributed by atoms with E-state index in [1.165, 1.54) is 5.56 Å². The lowest BCUT2D eigenvalue weighted by Crippen LogP contribution is -2.13. The molecule has 0 aliphatic carbocycles. The zero-order valence-corrected chi connectivity index (χ0v) is 17.0. The van der Waals surface area contributed by atoms with E-state index >= 15 is 0 Å². The predicted octanol–water partition coefficient (Wildman–Crippen LogP) is 4.75. The van der Waals surface area contributed by atoms with Crippen LogP contribution in [0.3, 0.4) is 0 Å². The van der Waals surface area contributed by atoms with Gasteiger partial charge in [0.15, 0.2) is 0 Å². The Bertz CT molecular complexity index is 1190. The maximum Gasteiger partial charge on any atom is 0.267 e. The zero-order chi connectivity index (χ0) is 21.1.